The van der Waals surface area contributed by atoms with Crippen molar-refractivity contribution in [3.05, 3.63) is 29.3 Å². The van der Waals surface area contributed by atoms with Crippen LogP contribution >= 0.6 is 0 Å². The zero-order valence-corrected chi connectivity index (χ0v) is 16.3. The van der Waals surface area contributed by atoms with E-state index >= 15 is 0 Å². The number of piperidine rings is 1. The summed E-state index contributed by atoms with van der Waals surface area (Å²) in [5.74, 6) is 0. The topological polar surface area (TPSA) is 9.72 Å². The molecule has 0 atom stereocenters. The minimum atomic E-state index is 0.232. The van der Waals surface area contributed by atoms with Crippen molar-refractivity contribution < 1.29 is 0 Å². The van der Waals surface area contributed by atoms with Crippen LogP contribution in [0.3, 0.4) is 0 Å². The third-order valence-electron chi connectivity index (χ3n) is 5.92. The Labute approximate surface area is 148 Å². The van der Waals surface area contributed by atoms with Gasteiger partial charge in [-0.15, -0.1) is 0 Å². The first-order valence-electron chi connectivity index (χ1n) is 9.63. The number of likely N-dealkylation sites (tertiary alicyclic amines) is 1. The first kappa shape index (κ1) is 17.8. The molecule has 3 nitrogen and oxygen atoms in total. The van der Waals surface area contributed by atoms with Gasteiger partial charge in [-0.2, -0.15) is 0 Å². The van der Waals surface area contributed by atoms with Gasteiger partial charge in [0.15, 0.2) is 0 Å². The van der Waals surface area contributed by atoms with Crippen molar-refractivity contribution >= 4 is 5.69 Å². The fourth-order valence-corrected chi connectivity index (χ4v) is 4.16. The highest BCUT2D eigenvalue weighted by Gasteiger charge is 2.27. The van der Waals surface area contributed by atoms with E-state index in [4.69, 9.17) is 0 Å². The quantitative estimate of drug-likeness (QED) is 0.822. The van der Waals surface area contributed by atoms with Gasteiger partial charge in [0.1, 0.15) is 0 Å². The van der Waals surface area contributed by atoms with Gasteiger partial charge in [0.05, 0.1) is 0 Å². The van der Waals surface area contributed by atoms with Crippen LogP contribution in [0.25, 0.3) is 0 Å². The molecule has 2 saturated heterocycles. The molecule has 0 radical (unpaired) electrons. The summed E-state index contributed by atoms with van der Waals surface area (Å²) in [6, 6.07) is 7.87. The summed E-state index contributed by atoms with van der Waals surface area (Å²) in [7, 11) is 2.25. The van der Waals surface area contributed by atoms with Crippen LogP contribution < -0.4 is 4.90 Å². The maximum Gasteiger partial charge on any atom is 0.0397 e. The van der Waals surface area contributed by atoms with E-state index in [1.807, 2.05) is 0 Å². The molecule has 2 heterocycles. The number of aryl methyl sites for hydroxylation is 1. The summed E-state index contributed by atoms with van der Waals surface area (Å²) in [5.41, 5.74) is 4.53. The number of hydrogen-bond donors (Lipinski definition) is 0. The number of nitrogens with zero attached hydrogens (tertiary/aromatic N) is 3. The average Bonchev–Trinajstić information content (AvgIpc) is 2.55. The predicted molar refractivity (Wildman–Crippen MR) is 104 cm³/mol. The predicted octanol–water partition coefficient (Wildman–Crippen LogP) is 3.51. The number of piperazine rings is 1. The molecule has 0 bridgehead atoms. The third-order valence-corrected chi connectivity index (χ3v) is 5.92. The lowest BCUT2D eigenvalue weighted by Crippen LogP contribution is -2.53. The molecule has 2 fully saturated rings. The fraction of sp³-hybridized carbons (Fsp3) is 0.714. The highest BCUT2D eigenvalue weighted by Crippen LogP contribution is 2.29. The Morgan fingerprint density at radius 2 is 1.54 bits per heavy atom. The van der Waals surface area contributed by atoms with Crippen LogP contribution in [-0.4, -0.2) is 62.2 Å². The Hall–Kier alpha value is -1.06. The minimum absolute atomic E-state index is 0.232. The van der Waals surface area contributed by atoms with Crippen LogP contribution in [0.4, 0.5) is 5.69 Å². The van der Waals surface area contributed by atoms with Crippen LogP contribution in [0.5, 0.6) is 0 Å². The third kappa shape index (κ3) is 3.94. The van der Waals surface area contributed by atoms with Gasteiger partial charge in [-0.05, 0) is 62.5 Å². The highest BCUT2D eigenvalue weighted by atomic mass is 15.3. The normalized spacial score (nSPS) is 22.1. The van der Waals surface area contributed by atoms with Gasteiger partial charge in [0, 0.05) is 37.9 Å². The first-order valence-corrected chi connectivity index (χ1v) is 9.63. The van der Waals surface area contributed by atoms with Crippen LogP contribution in [-0.2, 0) is 5.41 Å². The number of rotatable bonds is 2. The summed E-state index contributed by atoms with van der Waals surface area (Å²) in [6.07, 6.45) is 2.69. The van der Waals surface area contributed by atoms with E-state index in [-0.39, 0.29) is 5.41 Å². The summed E-state index contributed by atoms with van der Waals surface area (Å²) in [6.45, 7) is 16.4. The smallest absolute Gasteiger partial charge is 0.0397 e. The van der Waals surface area contributed by atoms with E-state index in [1.54, 1.807) is 0 Å². The van der Waals surface area contributed by atoms with E-state index < -0.39 is 0 Å². The van der Waals surface area contributed by atoms with Crippen LogP contribution in [0, 0.1) is 6.92 Å². The van der Waals surface area contributed by atoms with Crippen molar-refractivity contribution in [2.24, 2.45) is 0 Å². The molecule has 0 amide bonds. The lowest BCUT2D eigenvalue weighted by atomic mass is 9.86. The zero-order valence-electron chi connectivity index (χ0n) is 16.3. The van der Waals surface area contributed by atoms with Crippen LogP contribution in [0.2, 0.25) is 0 Å². The van der Waals surface area contributed by atoms with Gasteiger partial charge in [-0.1, -0.05) is 32.9 Å². The van der Waals surface area contributed by atoms with Crippen LogP contribution in [0.1, 0.15) is 44.7 Å². The van der Waals surface area contributed by atoms with Crippen molar-refractivity contribution in [1.82, 2.24) is 9.80 Å². The summed E-state index contributed by atoms with van der Waals surface area (Å²) >= 11 is 0. The SMILES string of the molecule is Cc1cc(C(C)(C)C)ccc1N1CCN(C2CCN(C)CC2)CC1. The van der Waals surface area contributed by atoms with Gasteiger partial charge in [-0.3, -0.25) is 4.90 Å². The molecule has 0 spiro atoms. The molecular weight excluding hydrogens is 294 g/mol. The van der Waals surface area contributed by atoms with E-state index in [0.717, 1.165) is 6.04 Å². The molecule has 3 heteroatoms. The summed E-state index contributed by atoms with van der Waals surface area (Å²) in [4.78, 5) is 7.79. The first-order chi connectivity index (χ1) is 11.3. The second-order valence-corrected chi connectivity index (χ2v) is 8.81. The van der Waals surface area contributed by atoms with E-state index in [9.17, 15) is 0 Å². The Morgan fingerprint density at radius 3 is 2.08 bits per heavy atom. The molecule has 0 aromatic heterocycles. The largest absolute Gasteiger partial charge is 0.369 e. The summed E-state index contributed by atoms with van der Waals surface area (Å²) < 4.78 is 0. The molecule has 0 aliphatic carbocycles. The lowest BCUT2D eigenvalue weighted by molar-refractivity contribution is 0.115. The second-order valence-electron chi connectivity index (χ2n) is 8.81. The molecule has 0 unspecified atom stereocenters. The monoisotopic (exact) mass is 329 g/mol. The molecule has 3 rings (SSSR count). The average molecular weight is 330 g/mol. The fourth-order valence-electron chi connectivity index (χ4n) is 4.16. The van der Waals surface area contributed by atoms with Gasteiger partial charge in [0.2, 0.25) is 0 Å². The molecule has 134 valence electrons. The Kier molecular flexibility index (Phi) is 5.22. The zero-order chi connectivity index (χ0) is 17.3. The molecule has 0 N–H and O–H groups in total. The van der Waals surface area contributed by atoms with Crippen molar-refractivity contribution in [2.45, 2.75) is 52.0 Å². The van der Waals surface area contributed by atoms with Gasteiger partial charge in [-0.25, -0.2) is 0 Å². The second kappa shape index (κ2) is 7.05. The maximum absolute atomic E-state index is 2.74. The molecule has 1 aromatic carbocycles. The Bertz CT molecular complexity index is 545. The van der Waals surface area contributed by atoms with E-state index in [2.05, 4.69) is 67.6 Å². The molecule has 2 aliphatic heterocycles. The molecular formula is C21H35N3. The number of benzene rings is 1. The molecule has 1 aromatic rings. The summed E-state index contributed by atoms with van der Waals surface area (Å²) in [5, 5.41) is 0. The Balaban J connectivity index is 1.60. The van der Waals surface area contributed by atoms with E-state index in [1.165, 1.54) is 68.9 Å². The Morgan fingerprint density at radius 1 is 0.917 bits per heavy atom. The number of hydrogen-bond acceptors (Lipinski definition) is 3. The number of anilines is 1. The lowest BCUT2D eigenvalue weighted by Gasteiger charge is -2.43. The van der Waals surface area contributed by atoms with Crippen molar-refractivity contribution in [3.63, 3.8) is 0 Å². The van der Waals surface area contributed by atoms with Crippen LogP contribution in [0.15, 0.2) is 18.2 Å². The van der Waals surface area contributed by atoms with Gasteiger partial charge in [0.25, 0.3) is 0 Å². The van der Waals surface area contributed by atoms with Gasteiger partial charge < -0.3 is 9.80 Å². The van der Waals surface area contributed by atoms with Crippen molar-refractivity contribution in [2.75, 3.05) is 51.2 Å². The molecule has 2 aliphatic rings. The maximum atomic E-state index is 2.74. The highest BCUT2D eigenvalue weighted by molar-refractivity contribution is 5.55. The van der Waals surface area contributed by atoms with E-state index in [0.29, 0.717) is 0 Å². The van der Waals surface area contributed by atoms with Crippen molar-refractivity contribution in [3.8, 4) is 0 Å². The van der Waals surface area contributed by atoms with Crippen molar-refractivity contribution in [1.29, 1.82) is 0 Å². The molecule has 0 saturated carbocycles. The standard InChI is InChI=1S/C21H35N3/c1-17-16-18(21(2,3)4)6-7-20(17)24-14-12-23(13-15-24)19-8-10-22(5)11-9-19/h6-7,16,19H,8-15H2,1-5H3. The minimum Gasteiger partial charge on any atom is -0.369 e. The van der Waals surface area contributed by atoms with Gasteiger partial charge >= 0.3 is 0 Å². The molecule has 24 heavy (non-hydrogen) atoms.